The fourth-order valence-corrected chi connectivity index (χ4v) is 2.80. The zero-order chi connectivity index (χ0) is 14.7. The van der Waals surface area contributed by atoms with Gasteiger partial charge in [0.25, 0.3) is 0 Å². The molecule has 2 aromatic heterocycles. The Morgan fingerprint density at radius 2 is 2.05 bits per heavy atom. The predicted octanol–water partition coefficient (Wildman–Crippen LogP) is 1.49. The van der Waals surface area contributed by atoms with Gasteiger partial charge in [0.15, 0.2) is 0 Å². The maximum atomic E-state index is 6.09. The lowest BCUT2D eigenvalue weighted by atomic mass is 10.4. The fraction of sp³-hybridized carbons (Fsp3) is 0.333. The molecule has 2 aromatic rings. The maximum absolute atomic E-state index is 6.09. The molecule has 21 heavy (non-hydrogen) atoms. The Bertz CT molecular complexity index is 637. The van der Waals surface area contributed by atoms with E-state index in [9.17, 15) is 0 Å². The molecule has 110 valence electrons. The Morgan fingerprint density at radius 3 is 2.81 bits per heavy atom. The molecule has 9 heteroatoms. The molecule has 1 aliphatic rings. The third-order valence-corrected chi connectivity index (χ3v) is 4.13. The smallest absolute Gasteiger partial charge is 0.231 e. The van der Waals surface area contributed by atoms with Crippen LogP contribution in [0.5, 0.6) is 0 Å². The Morgan fingerprint density at radius 1 is 1.24 bits per heavy atom. The molecule has 2 N–H and O–H groups in total. The van der Waals surface area contributed by atoms with Crippen molar-refractivity contribution >= 4 is 35.3 Å². The molecule has 0 radical (unpaired) electrons. The van der Waals surface area contributed by atoms with Crippen molar-refractivity contribution in [2.24, 2.45) is 0 Å². The van der Waals surface area contributed by atoms with Crippen molar-refractivity contribution in [2.45, 2.75) is 10.2 Å². The lowest BCUT2D eigenvalue weighted by Gasteiger charge is -2.26. The zero-order valence-corrected chi connectivity index (χ0v) is 12.6. The topological polar surface area (TPSA) is 90.0 Å². The van der Waals surface area contributed by atoms with Gasteiger partial charge in [-0.2, -0.15) is 15.0 Å². The van der Waals surface area contributed by atoms with Crippen molar-refractivity contribution in [1.29, 1.82) is 0 Å². The molecule has 0 saturated carbocycles. The number of aromatic nitrogens is 4. The van der Waals surface area contributed by atoms with Crippen molar-refractivity contribution in [2.75, 3.05) is 36.9 Å². The van der Waals surface area contributed by atoms with E-state index in [1.807, 2.05) is 4.90 Å². The van der Waals surface area contributed by atoms with Crippen LogP contribution in [0.25, 0.3) is 0 Å². The molecule has 1 saturated heterocycles. The summed E-state index contributed by atoms with van der Waals surface area (Å²) in [6.07, 6.45) is 1.67. The quantitative estimate of drug-likeness (QED) is 0.908. The summed E-state index contributed by atoms with van der Waals surface area (Å²) in [6.45, 7) is 2.77. The SMILES string of the molecule is Nc1nc(Sc2ncccc2Cl)nc(N2CCOCC2)n1. The van der Waals surface area contributed by atoms with Crippen molar-refractivity contribution in [3.8, 4) is 0 Å². The number of hydrogen-bond donors (Lipinski definition) is 1. The lowest BCUT2D eigenvalue weighted by Crippen LogP contribution is -2.37. The average Bonchev–Trinajstić information content (AvgIpc) is 2.50. The standard InChI is InChI=1S/C12H13ClN6OS/c13-8-2-1-3-15-9(8)21-12-17-10(14)16-11(18-12)19-4-6-20-7-5-19/h1-3H,4-7H2,(H2,14,16,17,18). The van der Waals surface area contributed by atoms with Gasteiger partial charge in [-0.15, -0.1) is 0 Å². The van der Waals surface area contributed by atoms with E-state index in [-0.39, 0.29) is 5.95 Å². The number of nitrogens with two attached hydrogens (primary N) is 1. The minimum absolute atomic E-state index is 0.182. The number of nitrogens with zero attached hydrogens (tertiary/aromatic N) is 5. The highest BCUT2D eigenvalue weighted by atomic mass is 35.5. The second-order valence-corrected chi connectivity index (χ2v) is 5.63. The van der Waals surface area contributed by atoms with Gasteiger partial charge in [0.2, 0.25) is 17.1 Å². The van der Waals surface area contributed by atoms with Crippen LogP contribution in [0.3, 0.4) is 0 Å². The van der Waals surface area contributed by atoms with Gasteiger partial charge in [-0.25, -0.2) is 4.98 Å². The highest BCUT2D eigenvalue weighted by molar-refractivity contribution is 7.99. The van der Waals surface area contributed by atoms with Gasteiger partial charge in [-0.3, -0.25) is 0 Å². The largest absolute Gasteiger partial charge is 0.378 e. The summed E-state index contributed by atoms with van der Waals surface area (Å²) in [7, 11) is 0. The van der Waals surface area contributed by atoms with Crippen LogP contribution in [0.15, 0.2) is 28.5 Å². The van der Waals surface area contributed by atoms with Crippen LogP contribution in [0.4, 0.5) is 11.9 Å². The first-order chi connectivity index (χ1) is 10.2. The summed E-state index contributed by atoms with van der Waals surface area (Å²) in [5.41, 5.74) is 5.77. The van der Waals surface area contributed by atoms with Crippen LogP contribution in [0, 0.1) is 0 Å². The second kappa shape index (κ2) is 6.42. The van der Waals surface area contributed by atoms with Gasteiger partial charge < -0.3 is 15.4 Å². The van der Waals surface area contributed by atoms with Gasteiger partial charge in [0.05, 0.1) is 18.2 Å². The second-order valence-electron chi connectivity index (χ2n) is 4.27. The van der Waals surface area contributed by atoms with E-state index in [1.165, 1.54) is 11.8 Å². The Balaban J connectivity index is 1.85. The Kier molecular flexibility index (Phi) is 4.37. The number of halogens is 1. The first-order valence-corrected chi connectivity index (χ1v) is 7.54. The molecule has 0 amide bonds. The van der Waals surface area contributed by atoms with E-state index in [4.69, 9.17) is 22.1 Å². The molecule has 3 rings (SSSR count). The molecule has 0 bridgehead atoms. The van der Waals surface area contributed by atoms with E-state index >= 15 is 0 Å². The van der Waals surface area contributed by atoms with Crippen molar-refractivity contribution in [1.82, 2.24) is 19.9 Å². The first-order valence-electron chi connectivity index (χ1n) is 6.35. The summed E-state index contributed by atoms with van der Waals surface area (Å²) in [5.74, 6) is 0.737. The number of morpholine rings is 1. The molecule has 0 atom stereocenters. The van der Waals surface area contributed by atoms with Crippen LogP contribution in [-0.2, 0) is 4.74 Å². The molecule has 0 aromatic carbocycles. The van der Waals surface area contributed by atoms with Crippen LogP contribution >= 0.6 is 23.4 Å². The van der Waals surface area contributed by atoms with E-state index in [0.29, 0.717) is 34.4 Å². The molecular weight excluding hydrogens is 312 g/mol. The summed E-state index contributed by atoms with van der Waals surface area (Å²) < 4.78 is 5.32. The van der Waals surface area contributed by atoms with E-state index < -0.39 is 0 Å². The van der Waals surface area contributed by atoms with Crippen molar-refractivity contribution in [3.63, 3.8) is 0 Å². The molecule has 0 spiro atoms. The molecule has 1 aliphatic heterocycles. The van der Waals surface area contributed by atoms with Crippen LogP contribution in [0.2, 0.25) is 5.02 Å². The fourth-order valence-electron chi connectivity index (χ4n) is 1.84. The monoisotopic (exact) mass is 324 g/mol. The minimum Gasteiger partial charge on any atom is -0.378 e. The van der Waals surface area contributed by atoms with Gasteiger partial charge in [-0.05, 0) is 23.9 Å². The Hall–Kier alpha value is -1.64. The predicted molar refractivity (Wildman–Crippen MR) is 80.6 cm³/mol. The van der Waals surface area contributed by atoms with E-state index in [1.54, 1.807) is 18.3 Å². The number of rotatable bonds is 3. The number of ether oxygens (including phenoxy) is 1. The van der Waals surface area contributed by atoms with Crippen LogP contribution < -0.4 is 10.6 Å². The molecule has 0 aliphatic carbocycles. The molecule has 1 fully saturated rings. The summed E-state index contributed by atoms with van der Waals surface area (Å²) >= 11 is 7.35. The highest BCUT2D eigenvalue weighted by Gasteiger charge is 2.17. The first kappa shape index (κ1) is 14.3. The zero-order valence-electron chi connectivity index (χ0n) is 11.1. The molecule has 3 heterocycles. The summed E-state index contributed by atoms with van der Waals surface area (Å²) in [5, 5.41) is 1.66. The van der Waals surface area contributed by atoms with Gasteiger partial charge >= 0.3 is 0 Å². The molecule has 7 nitrogen and oxygen atoms in total. The number of anilines is 2. The van der Waals surface area contributed by atoms with Gasteiger partial charge in [0.1, 0.15) is 5.03 Å². The number of pyridine rings is 1. The van der Waals surface area contributed by atoms with Crippen molar-refractivity contribution < 1.29 is 4.74 Å². The summed E-state index contributed by atoms with van der Waals surface area (Å²) in [4.78, 5) is 19.0. The van der Waals surface area contributed by atoms with Crippen molar-refractivity contribution in [3.05, 3.63) is 23.4 Å². The molecular formula is C12H13ClN6OS. The Labute approximate surface area is 130 Å². The normalized spacial score (nSPS) is 15.2. The van der Waals surface area contributed by atoms with E-state index in [0.717, 1.165) is 13.1 Å². The van der Waals surface area contributed by atoms with Gasteiger partial charge in [0, 0.05) is 19.3 Å². The third kappa shape index (κ3) is 3.52. The molecule has 0 unspecified atom stereocenters. The third-order valence-electron chi connectivity index (χ3n) is 2.83. The van der Waals surface area contributed by atoms with Crippen LogP contribution in [-0.4, -0.2) is 46.2 Å². The van der Waals surface area contributed by atoms with E-state index in [2.05, 4.69) is 19.9 Å². The maximum Gasteiger partial charge on any atom is 0.231 e. The number of nitrogen functional groups attached to an aromatic ring is 1. The lowest BCUT2D eigenvalue weighted by molar-refractivity contribution is 0.122. The highest BCUT2D eigenvalue weighted by Crippen LogP contribution is 2.29. The average molecular weight is 325 g/mol. The van der Waals surface area contributed by atoms with Gasteiger partial charge in [-0.1, -0.05) is 11.6 Å². The van der Waals surface area contributed by atoms with Crippen LogP contribution in [0.1, 0.15) is 0 Å². The summed E-state index contributed by atoms with van der Waals surface area (Å²) in [6, 6.07) is 3.54. The minimum atomic E-state index is 0.182. The number of hydrogen-bond acceptors (Lipinski definition) is 8.